The maximum absolute atomic E-state index is 2.66. The second-order valence-electron chi connectivity index (χ2n) is 4.59. The van der Waals surface area contributed by atoms with Gasteiger partial charge in [-0.1, -0.05) is 0 Å². The number of rotatable bonds is 1. The zero-order chi connectivity index (χ0) is 7.84. The third-order valence-electron chi connectivity index (χ3n) is 3.37. The Hall–Kier alpha value is -0.0400. The lowest BCUT2D eigenvalue weighted by Crippen LogP contribution is -2.40. The van der Waals surface area contributed by atoms with Crippen LogP contribution in [0.4, 0.5) is 0 Å². The van der Waals surface area contributed by atoms with Gasteiger partial charge in [0.1, 0.15) is 0 Å². The molecule has 0 N–H and O–H groups in total. The van der Waals surface area contributed by atoms with Crippen molar-refractivity contribution in [3.63, 3.8) is 0 Å². The third kappa shape index (κ3) is 1.44. The van der Waals surface area contributed by atoms with Gasteiger partial charge in [-0.25, -0.2) is 0 Å². The molecule has 2 rings (SSSR count). The topological polar surface area (TPSA) is 3.24 Å². The summed E-state index contributed by atoms with van der Waals surface area (Å²) >= 11 is 0. The van der Waals surface area contributed by atoms with Crippen molar-refractivity contribution in [3.8, 4) is 0 Å². The van der Waals surface area contributed by atoms with E-state index in [1.807, 2.05) is 0 Å². The first-order valence-corrected chi connectivity index (χ1v) is 4.99. The fraction of sp³-hybridized carbons (Fsp3) is 1.00. The molecule has 1 heterocycles. The quantitative estimate of drug-likeness (QED) is 0.558. The molecule has 2 atom stereocenters. The first kappa shape index (κ1) is 7.60. The molecule has 2 bridgehead atoms. The van der Waals surface area contributed by atoms with Gasteiger partial charge < -0.3 is 4.90 Å². The normalized spacial score (nSPS) is 38.5. The molecule has 2 aliphatic rings. The van der Waals surface area contributed by atoms with Gasteiger partial charge in [0, 0.05) is 19.1 Å². The van der Waals surface area contributed by atoms with E-state index in [2.05, 4.69) is 18.7 Å². The summed E-state index contributed by atoms with van der Waals surface area (Å²) in [6.45, 7) is 7.41. The third-order valence-corrected chi connectivity index (χ3v) is 3.37. The zero-order valence-corrected chi connectivity index (χ0v) is 7.71. The van der Waals surface area contributed by atoms with Gasteiger partial charge >= 0.3 is 0 Å². The first-order valence-electron chi connectivity index (χ1n) is 4.99. The Labute approximate surface area is 69.8 Å². The molecule has 2 fully saturated rings. The summed E-state index contributed by atoms with van der Waals surface area (Å²) in [5.41, 5.74) is 0. The van der Waals surface area contributed by atoms with Crippen LogP contribution in [0.2, 0.25) is 0 Å². The van der Waals surface area contributed by atoms with E-state index >= 15 is 0 Å². The lowest BCUT2D eigenvalue weighted by Gasteiger charge is -2.34. The summed E-state index contributed by atoms with van der Waals surface area (Å²) in [6.07, 6.45) is 4.55. The Morgan fingerprint density at radius 3 is 2.09 bits per heavy atom. The Morgan fingerprint density at radius 1 is 1.09 bits per heavy atom. The van der Waals surface area contributed by atoms with Crippen LogP contribution in [0, 0.1) is 11.8 Å². The second kappa shape index (κ2) is 2.78. The van der Waals surface area contributed by atoms with Crippen LogP contribution < -0.4 is 0 Å². The molecular weight excluding hydrogens is 134 g/mol. The van der Waals surface area contributed by atoms with Crippen LogP contribution in [0.3, 0.4) is 0 Å². The van der Waals surface area contributed by atoms with E-state index in [0.29, 0.717) is 0 Å². The smallest absolute Gasteiger partial charge is 0.00388 e. The van der Waals surface area contributed by atoms with Crippen molar-refractivity contribution in [2.24, 2.45) is 11.8 Å². The standard InChI is InChI=1S/C10H19N/c1-8(2)11-6-9-3-4-10(5-9)7-11/h8-10H,3-7H2,1-2H3/t9-,10?/m1/s1. The van der Waals surface area contributed by atoms with Crippen molar-refractivity contribution >= 4 is 0 Å². The van der Waals surface area contributed by atoms with E-state index in [0.717, 1.165) is 17.9 Å². The van der Waals surface area contributed by atoms with E-state index in [1.165, 1.54) is 32.4 Å². The SMILES string of the molecule is CC(C)N1CC2CC[C@H](C2)C1. The van der Waals surface area contributed by atoms with Gasteiger partial charge in [0.05, 0.1) is 0 Å². The highest BCUT2D eigenvalue weighted by atomic mass is 15.2. The average molecular weight is 153 g/mol. The van der Waals surface area contributed by atoms with Crippen LogP contribution in [-0.4, -0.2) is 24.0 Å². The minimum absolute atomic E-state index is 0.776. The summed E-state index contributed by atoms with van der Waals surface area (Å²) in [7, 11) is 0. The average Bonchev–Trinajstić information content (AvgIpc) is 2.30. The Kier molecular flexibility index (Phi) is 1.92. The van der Waals surface area contributed by atoms with Gasteiger partial charge in [-0.3, -0.25) is 0 Å². The predicted molar refractivity (Wildman–Crippen MR) is 47.5 cm³/mol. The number of hydrogen-bond donors (Lipinski definition) is 0. The van der Waals surface area contributed by atoms with Crippen LogP contribution in [-0.2, 0) is 0 Å². The molecular formula is C10H19N. The van der Waals surface area contributed by atoms with Gasteiger partial charge in [0.25, 0.3) is 0 Å². The van der Waals surface area contributed by atoms with Gasteiger partial charge in [-0.2, -0.15) is 0 Å². The summed E-state index contributed by atoms with van der Waals surface area (Å²) in [6, 6.07) is 0.776. The van der Waals surface area contributed by atoms with Crippen molar-refractivity contribution in [1.82, 2.24) is 4.90 Å². The predicted octanol–water partition coefficient (Wildman–Crippen LogP) is 2.13. The van der Waals surface area contributed by atoms with Gasteiger partial charge in [0.2, 0.25) is 0 Å². The molecule has 1 aliphatic carbocycles. The van der Waals surface area contributed by atoms with Crippen LogP contribution in [0.25, 0.3) is 0 Å². The first-order chi connectivity index (χ1) is 5.25. The zero-order valence-electron chi connectivity index (χ0n) is 7.71. The molecule has 11 heavy (non-hydrogen) atoms. The van der Waals surface area contributed by atoms with E-state index in [1.54, 1.807) is 0 Å². The maximum Gasteiger partial charge on any atom is 0.00388 e. The van der Waals surface area contributed by atoms with Crippen LogP contribution in [0.5, 0.6) is 0 Å². The van der Waals surface area contributed by atoms with Gasteiger partial charge in [-0.05, 0) is 44.9 Å². The lowest BCUT2D eigenvalue weighted by atomic mass is 9.98. The van der Waals surface area contributed by atoms with Crippen molar-refractivity contribution in [2.75, 3.05) is 13.1 Å². The number of likely N-dealkylation sites (tertiary alicyclic amines) is 1. The molecule has 1 saturated carbocycles. The summed E-state index contributed by atoms with van der Waals surface area (Å²) < 4.78 is 0. The summed E-state index contributed by atoms with van der Waals surface area (Å²) in [4.78, 5) is 2.66. The number of hydrogen-bond acceptors (Lipinski definition) is 1. The lowest BCUT2D eigenvalue weighted by molar-refractivity contribution is 0.133. The molecule has 0 amide bonds. The molecule has 0 aromatic heterocycles. The van der Waals surface area contributed by atoms with Gasteiger partial charge in [-0.15, -0.1) is 0 Å². The van der Waals surface area contributed by atoms with E-state index in [-0.39, 0.29) is 0 Å². The van der Waals surface area contributed by atoms with Crippen molar-refractivity contribution < 1.29 is 0 Å². The highest BCUT2D eigenvalue weighted by Gasteiger charge is 2.33. The molecule has 1 heteroatoms. The molecule has 1 unspecified atom stereocenters. The number of fused-ring (bicyclic) bond motifs is 2. The molecule has 1 aliphatic heterocycles. The fourth-order valence-electron chi connectivity index (χ4n) is 2.67. The minimum Gasteiger partial charge on any atom is -0.300 e. The van der Waals surface area contributed by atoms with Crippen LogP contribution >= 0.6 is 0 Å². The summed E-state index contributed by atoms with van der Waals surface area (Å²) in [5.74, 6) is 2.10. The molecule has 1 saturated heterocycles. The number of nitrogens with zero attached hydrogens (tertiary/aromatic N) is 1. The molecule has 0 radical (unpaired) electrons. The minimum atomic E-state index is 0.776. The van der Waals surface area contributed by atoms with E-state index in [4.69, 9.17) is 0 Å². The van der Waals surface area contributed by atoms with Crippen LogP contribution in [0.1, 0.15) is 33.1 Å². The highest BCUT2D eigenvalue weighted by Crippen LogP contribution is 2.36. The molecule has 1 nitrogen and oxygen atoms in total. The van der Waals surface area contributed by atoms with E-state index < -0.39 is 0 Å². The Balaban J connectivity index is 1.97. The number of piperidine rings is 1. The molecule has 0 spiro atoms. The summed E-state index contributed by atoms with van der Waals surface area (Å²) in [5, 5.41) is 0. The van der Waals surface area contributed by atoms with Crippen molar-refractivity contribution in [3.05, 3.63) is 0 Å². The monoisotopic (exact) mass is 153 g/mol. The second-order valence-corrected chi connectivity index (χ2v) is 4.59. The molecule has 0 aromatic carbocycles. The highest BCUT2D eigenvalue weighted by molar-refractivity contribution is 4.86. The van der Waals surface area contributed by atoms with Gasteiger partial charge in [0.15, 0.2) is 0 Å². The molecule has 0 aromatic rings. The largest absolute Gasteiger partial charge is 0.300 e. The Morgan fingerprint density at radius 2 is 1.64 bits per heavy atom. The van der Waals surface area contributed by atoms with Crippen LogP contribution in [0.15, 0.2) is 0 Å². The van der Waals surface area contributed by atoms with Crippen molar-refractivity contribution in [1.29, 1.82) is 0 Å². The van der Waals surface area contributed by atoms with Crippen molar-refractivity contribution in [2.45, 2.75) is 39.2 Å². The maximum atomic E-state index is 2.66. The molecule has 64 valence electrons. The Bertz CT molecular complexity index is 130. The van der Waals surface area contributed by atoms with E-state index in [9.17, 15) is 0 Å². The fourth-order valence-corrected chi connectivity index (χ4v) is 2.67.